The van der Waals surface area contributed by atoms with Gasteiger partial charge in [0.2, 0.25) is 0 Å². The van der Waals surface area contributed by atoms with Crippen LogP contribution in [0.4, 0.5) is 0 Å². The minimum absolute atomic E-state index is 0.554. The third-order valence-electron chi connectivity index (χ3n) is 3.35. The molecule has 0 heterocycles. The number of methoxy groups -OCH3 is 1. The van der Waals surface area contributed by atoms with Crippen LogP contribution in [-0.4, -0.2) is 32.8 Å². The summed E-state index contributed by atoms with van der Waals surface area (Å²) < 4.78 is 11.0. The van der Waals surface area contributed by atoms with Gasteiger partial charge >= 0.3 is 0 Å². The molecule has 2 aromatic carbocycles. The quantitative estimate of drug-likeness (QED) is 0.445. The molecule has 128 valence electrons. The maximum atomic E-state index is 5.67. The molecule has 0 aliphatic heterocycles. The zero-order valence-electron chi connectivity index (χ0n) is 14.3. The Bertz CT molecular complexity index is 630. The van der Waals surface area contributed by atoms with Gasteiger partial charge in [0.15, 0.2) is 5.96 Å². The molecule has 0 spiro atoms. The summed E-state index contributed by atoms with van der Waals surface area (Å²) in [6.45, 7) is 4.65. The van der Waals surface area contributed by atoms with Gasteiger partial charge in [-0.3, -0.25) is 0 Å². The Balaban J connectivity index is 1.84. The summed E-state index contributed by atoms with van der Waals surface area (Å²) in [5.41, 5.74) is 1.05. The predicted octanol–water partition coefficient (Wildman–Crippen LogP) is 2.83. The van der Waals surface area contributed by atoms with Gasteiger partial charge in [0.1, 0.15) is 18.1 Å². The highest BCUT2D eigenvalue weighted by atomic mass is 16.5. The van der Waals surface area contributed by atoms with E-state index in [1.807, 2.05) is 61.5 Å². The Morgan fingerprint density at radius 2 is 1.75 bits per heavy atom. The molecule has 0 aromatic heterocycles. The lowest BCUT2D eigenvalue weighted by atomic mass is 10.2. The summed E-state index contributed by atoms with van der Waals surface area (Å²) in [6.07, 6.45) is 0. The van der Waals surface area contributed by atoms with Gasteiger partial charge in [-0.15, -0.1) is 0 Å². The van der Waals surface area contributed by atoms with E-state index >= 15 is 0 Å². The average molecular weight is 327 g/mol. The fraction of sp³-hybridized carbons (Fsp3) is 0.316. The first-order valence-electron chi connectivity index (χ1n) is 8.15. The van der Waals surface area contributed by atoms with E-state index in [0.29, 0.717) is 19.7 Å². The van der Waals surface area contributed by atoms with Crippen molar-refractivity contribution < 1.29 is 9.47 Å². The molecule has 0 bridgehead atoms. The molecule has 0 fully saturated rings. The number of guanidine groups is 1. The van der Waals surface area contributed by atoms with Crippen molar-refractivity contribution in [1.29, 1.82) is 0 Å². The Labute approximate surface area is 143 Å². The molecule has 24 heavy (non-hydrogen) atoms. The summed E-state index contributed by atoms with van der Waals surface area (Å²) in [6, 6.07) is 17.7. The maximum Gasteiger partial charge on any atom is 0.191 e. The van der Waals surface area contributed by atoms with Crippen molar-refractivity contribution in [2.24, 2.45) is 4.99 Å². The highest BCUT2D eigenvalue weighted by Crippen LogP contribution is 2.17. The third kappa shape index (κ3) is 5.83. The number of ether oxygens (including phenoxy) is 2. The molecule has 0 aliphatic rings. The predicted molar refractivity (Wildman–Crippen MR) is 97.7 cm³/mol. The van der Waals surface area contributed by atoms with Crippen LogP contribution in [0.5, 0.6) is 11.5 Å². The fourth-order valence-electron chi connectivity index (χ4n) is 2.19. The van der Waals surface area contributed by atoms with E-state index in [1.165, 1.54) is 0 Å². The number of para-hydroxylation sites is 2. The van der Waals surface area contributed by atoms with Gasteiger partial charge in [0, 0.05) is 12.1 Å². The second-order valence-corrected chi connectivity index (χ2v) is 5.10. The van der Waals surface area contributed by atoms with Gasteiger partial charge < -0.3 is 20.1 Å². The summed E-state index contributed by atoms with van der Waals surface area (Å²) in [7, 11) is 1.67. The molecule has 0 atom stereocenters. The number of rotatable bonds is 8. The topological polar surface area (TPSA) is 54.9 Å². The number of nitrogens with zero attached hydrogens (tertiary/aromatic N) is 1. The molecule has 0 unspecified atom stereocenters. The summed E-state index contributed by atoms with van der Waals surface area (Å²) in [4.78, 5) is 4.60. The van der Waals surface area contributed by atoms with Crippen molar-refractivity contribution in [2.45, 2.75) is 13.5 Å². The molecule has 5 nitrogen and oxygen atoms in total. The lowest BCUT2D eigenvalue weighted by molar-refractivity contribution is 0.322. The van der Waals surface area contributed by atoms with Crippen LogP contribution in [-0.2, 0) is 6.54 Å². The van der Waals surface area contributed by atoms with Crippen LogP contribution in [0.3, 0.4) is 0 Å². The highest BCUT2D eigenvalue weighted by Gasteiger charge is 2.02. The SMILES string of the molecule is CCNC(=NCc1ccccc1OC)NCCOc1ccccc1. The zero-order valence-corrected chi connectivity index (χ0v) is 14.3. The fourth-order valence-corrected chi connectivity index (χ4v) is 2.19. The van der Waals surface area contributed by atoms with Crippen molar-refractivity contribution in [1.82, 2.24) is 10.6 Å². The van der Waals surface area contributed by atoms with Gasteiger partial charge in [0.05, 0.1) is 20.2 Å². The molecule has 0 saturated carbocycles. The smallest absolute Gasteiger partial charge is 0.191 e. The first kappa shape index (κ1) is 17.7. The van der Waals surface area contributed by atoms with Crippen LogP contribution in [0.15, 0.2) is 59.6 Å². The average Bonchev–Trinajstić information content (AvgIpc) is 2.64. The lowest BCUT2D eigenvalue weighted by Gasteiger charge is -2.12. The summed E-state index contributed by atoms with van der Waals surface area (Å²) >= 11 is 0. The molecule has 2 aromatic rings. The summed E-state index contributed by atoms with van der Waals surface area (Å²) in [5.74, 6) is 2.49. The van der Waals surface area contributed by atoms with E-state index in [2.05, 4.69) is 15.6 Å². The molecular weight excluding hydrogens is 302 g/mol. The van der Waals surface area contributed by atoms with E-state index in [1.54, 1.807) is 7.11 Å². The molecule has 0 saturated heterocycles. The van der Waals surface area contributed by atoms with Gasteiger partial charge in [-0.05, 0) is 25.1 Å². The van der Waals surface area contributed by atoms with Gasteiger partial charge in [-0.25, -0.2) is 4.99 Å². The summed E-state index contributed by atoms with van der Waals surface area (Å²) in [5, 5.41) is 6.50. The maximum absolute atomic E-state index is 5.67. The molecule has 2 rings (SSSR count). The monoisotopic (exact) mass is 327 g/mol. The number of aliphatic imine (C=N–C) groups is 1. The van der Waals surface area contributed by atoms with E-state index in [-0.39, 0.29) is 0 Å². The highest BCUT2D eigenvalue weighted by molar-refractivity contribution is 5.79. The number of benzene rings is 2. The van der Waals surface area contributed by atoms with E-state index in [0.717, 1.165) is 29.6 Å². The molecule has 5 heteroatoms. The standard InChI is InChI=1S/C19H25N3O2/c1-3-20-19(21-13-14-24-17-10-5-4-6-11-17)22-15-16-9-7-8-12-18(16)23-2/h4-12H,3,13-15H2,1-2H3,(H2,20,21,22). The van der Waals surface area contributed by atoms with Crippen molar-refractivity contribution in [3.05, 3.63) is 60.2 Å². The Morgan fingerprint density at radius 3 is 2.50 bits per heavy atom. The van der Waals surface area contributed by atoms with Crippen LogP contribution in [0.1, 0.15) is 12.5 Å². The van der Waals surface area contributed by atoms with E-state index in [9.17, 15) is 0 Å². The first-order chi connectivity index (χ1) is 11.8. The van der Waals surface area contributed by atoms with Crippen LogP contribution >= 0.6 is 0 Å². The number of hydrogen-bond donors (Lipinski definition) is 2. The van der Waals surface area contributed by atoms with Crippen molar-refractivity contribution >= 4 is 5.96 Å². The molecule has 0 amide bonds. The number of hydrogen-bond acceptors (Lipinski definition) is 3. The van der Waals surface area contributed by atoms with Crippen molar-refractivity contribution in [3.63, 3.8) is 0 Å². The van der Waals surface area contributed by atoms with Crippen molar-refractivity contribution in [3.8, 4) is 11.5 Å². The largest absolute Gasteiger partial charge is 0.496 e. The minimum Gasteiger partial charge on any atom is -0.496 e. The normalized spacial score (nSPS) is 11.0. The zero-order chi connectivity index (χ0) is 17.0. The first-order valence-corrected chi connectivity index (χ1v) is 8.15. The second-order valence-electron chi connectivity index (χ2n) is 5.10. The van der Waals surface area contributed by atoms with Gasteiger partial charge in [-0.2, -0.15) is 0 Å². The number of nitrogens with one attached hydrogen (secondary N) is 2. The Morgan fingerprint density at radius 1 is 1.00 bits per heavy atom. The Kier molecular flexibility index (Phi) is 7.47. The lowest BCUT2D eigenvalue weighted by Crippen LogP contribution is -2.39. The van der Waals surface area contributed by atoms with E-state index in [4.69, 9.17) is 9.47 Å². The molecular formula is C19H25N3O2. The van der Waals surface area contributed by atoms with Crippen molar-refractivity contribution in [2.75, 3.05) is 26.8 Å². The molecule has 0 radical (unpaired) electrons. The van der Waals surface area contributed by atoms with Crippen LogP contribution in [0.2, 0.25) is 0 Å². The van der Waals surface area contributed by atoms with Gasteiger partial charge in [-0.1, -0.05) is 36.4 Å². The molecule has 0 aliphatic carbocycles. The van der Waals surface area contributed by atoms with Crippen LogP contribution in [0, 0.1) is 0 Å². The van der Waals surface area contributed by atoms with Crippen LogP contribution in [0.25, 0.3) is 0 Å². The Hall–Kier alpha value is -2.69. The molecule has 2 N–H and O–H groups in total. The second kappa shape index (κ2) is 10.2. The van der Waals surface area contributed by atoms with Crippen LogP contribution < -0.4 is 20.1 Å². The minimum atomic E-state index is 0.554. The third-order valence-corrected chi connectivity index (χ3v) is 3.35. The van der Waals surface area contributed by atoms with Gasteiger partial charge in [0.25, 0.3) is 0 Å². The van der Waals surface area contributed by atoms with E-state index < -0.39 is 0 Å².